The minimum atomic E-state index is -3.27. The zero-order valence-electron chi connectivity index (χ0n) is 14.3. The fraction of sp³-hybridized carbons (Fsp3) is 0.421. The van der Waals surface area contributed by atoms with Gasteiger partial charge in [-0.25, -0.2) is 13.1 Å². The van der Waals surface area contributed by atoms with Crippen molar-refractivity contribution in [2.45, 2.75) is 25.1 Å². The van der Waals surface area contributed by atoms with Gasteiger partial charge in [0.1, 0.15) is 0 Å². The number of pyridine rings is 1. The van der Waals surface area contributed by atoms with Crippen LogP contribution in [0.15, 0.2) is 54.9 Å². The van der Waals surface area contributed by atoms with Crippen molar-refractivity contribution in [3.63, 3.8) is 0 Å². The van der Waals surface area contributed by atoms with Gasteiger partial charge in [-0.3, -0.25) is 9.88 Å². The quantitative estimate of drug-likeness (QED) is 0.825. The highest BCUT2D eigenvalue weighted by Crippen LogP contribution is 2.18. The topological polar surface area (TPSA) is 62.3 Å². The summed E-state index contributed by atoms with van der Waals surface area (Å²) in [6.07, 6.45) is 5.70. The Kier molecular flexibility index (Phi) is 6.18. The monoisotopic (exact) mass is 359 g/mol. The fourth-order valence-electron chi connectivity index (χ4n) is 3.18. The van der Waals surface area contributed by atoms with E-state index in [9.17, 15) is 8.42 Å². The first-order valence-electron chi connectivity index (χ1n) is 8.73. The lowest BCUT2D eigenvalue weighted by Gasteiger charge is -2.32. The van der Waals surface area contributed by atoms with E-state index in [0.717, 1.165) is 38.0 Å². The largest absolute Gasteiger partial charge is 0.299 e. The first-order valence-corrected chi connectivity index (χ1v) is 10.4. The van der Waals surface area contributed by atoms with Crippen LogP contribution in [0, 0.1) is 5.92 Å². The minimum absolute atomic E-state index is 0.0503. The lowest BCUT2D eigenvalue weighted by molar-refractivity contribution is 0.178. The molecular formula is C19H25N3O2S. The van der Waals surface area contributed by atoms with Crippen LogP contribution in [0.3, 0.4) is 0 Å². The van der Waals surface area contributed by atoms with Gasteiger partial charge in [-0.2, -0.15) is 0 Å². The summed E-state index contributed by atoms with van der Waals surface area (Å²) in [7, 11) is -3.27. The average molecular weight is 359 g/mol. The zero-order valence-corrected chi connectivity index (χ0v) is 15.2. The number of benzene rings is 1. The molecule has 134 valence electrons. The van der Waals surface area contributed by atoms with Gasteiger partial charge in [0.25, 0.3) is 0 Å². The maximum Gasteiger partial charge on any atom is 0.215 e. The highest BCUT2D eigenvalue weighted by Gasteiger charge is 2.21. The highest BCUT2D eigenvalue weighted by atomic mass is 32.2. The number of nitrogens with zero attached hydrogens (tertiary/aromatic N) is 2. The molecule has 0 unspecified atom stereocenters. The number of sulfonamides is 1. The average Bonchev–Trinajstić information content (AvgIpc) is 2.63. The molecule has 1 aromatic heterocycles. The lowest BCUT2D eigenvalue weighted by atomic mass is 9.97. The van der Waals surface area contributed by atoms with E-state index in [2.05, 4.69) is 14.6 Å². The molecule has 2 heterocycles. The number of piperidine rings is 1. The number of aromatic nitrogens is 1. The first kappa shape index (κ1) is 18.0. The smallest absolute Gasteiger partial charge is 0.215 e. The van der Waals surface area contributed by atoms with Crippen LogP contribution in [0.2, 0.25) is 0 Å². The maximum atomic E-state index is 12.2. The van der Waals surface area contributed by atoms with Crippen molar-refractivity contribution in [1.82, 2.24) is 14.6 Å². The summed E-state index contributed by atoms with van der Waals surface area (Å²) in [5, 5.41) is 0. The summed E-state index contributed by atoms with van der Waals surface area (Å²) in [5.74, 6) is 0.466. The minimum Gasteiger partial charge on any atom is -0.299 e. The predicted molar refractivity (Wildman–Crippen MR) is 99.3 cm³/mol. The molecule has 6 heteroatoms. The molecule has 1 N–H and O–H groups in total. The number of rotatable bonds is 7. The zero-order chi connectivity index (χ0) is 17.5. The Morgan fingerprint density at radius 3 is 2.36 bits per heavy atom. The third-order valence-corrected chi connectivity index (χ3v) is 5.97. The molecule has 0 radical (unpaired) electrons. The Bertz CT molecular complexity index is 743. The van der Waals surface area contributed by atoms with Gasteiger partial charge >= 0.3 is 0 Å². The van der Waals surface area contributed by atoms with Gasteiger partial charge in [0.15, 0.2) is 0 Å². The van der Waals surface area contributed by atoms with Crippen LogP contribution < -0.4 is 4.72 Å². The Morgan fingerprint density at radius 2 is 1.68 bits per heavy atom. The predicted octanol–water partition coefficient (Wildman–Crippen LogP) is 2.41. The Labute approximate surface area is 150 Å². The molecule has 0 amide bonds. The summed E-state index contributed by atoms with van der Waals surface area (Å²) in [6, 6.07) is 13.4. The highest BCUT2D eigenvalue weighted by molar-refractivity contribution is 7.88. The molecule has 0 aliphatic carbocycles. The van der Waals surface area contributed by atoms with Crippen molar-refractivity contribution in [1.29, 1.82) is 0 Å². The second-order valence-electron chi connectivity index (χ2n) is 6.67. The molecule has 1 fully saturated rings. The van der Waals surface area contributed by atoms with E-state index in [0.29, 0.717) is 12.5 Å². The molecule has 1 saturated heterocycles. The van der Waals surface area contributed by atoms with Crippen LogP contribution in [0.5, 0.6) is 0 Å². The van der Waals surface area contributed by atoms with Crippen molar-refractivity contribution < 1.29 is 8.42 Å². The SMILES string of the molecule is O=S(=O)(Cc1ccccc1)NCC1CCN(Cc2ccncc2)CC1. The number of hydrogen-bond acceptors (Lipinski definition) is 4. The van der Waals surface area contributed by atoms with E-state index in [4.69, 9.17) is 0 Å². The molecule has 5 nitrogen and oxygen atoms in total. The Morgan fingerprint density at radius 1 is 1.00 bits per heavy atom. The van der Waals surface area contributed by atoms with Gasteiger partial charge in [-0.15, -0.1) is 0 Å². The van der Waals surface area contributed by atoms with E-state index < -0.39 is 10.0 Å². The van der Waals surface area contributed by atoms with Gasteiger partial charge < -0.3 is 0 Å². The van der Waals surface area contributed by atoms with E-state index in [-0.39, 0.29) is 5.75 Å². The molecule has 0 atom stereocenters. The summed E-state index contributed by atoms with van der Waals surface area (Å²) in [5.41, 5.74) is 2.10. The summed E-state index contributed by atoms with van der Waals surface area (Å²) in [4.78, 5) is 6.47. The molecule has 0 spiro atoms. The molecule has 1 aliphatic rings. The normalized spacial score (nSPS) is 16.8. The van der Waals surface area contributed by atoms with Crippen molar-refractivity contribution in [2.24, 2.45) is 5.92 Å². The second-order valence-corrected chi connectivity index (χ2v) is 8.47. The van der Waals surface area contributed by atoms with Gasteiger partial charge in [-0.1, -0.05) is 30.3 Å². The van der Waals surface area contributed by atoms with Crippen molar-refractivity contribution in [3.05, 3.63) is 66.0 Å². The van der Waals surface area contributed by atoms with Crippen LogP contribution in [-0.4, -0.2) is 37.9 Å². The molecule has 0 bridgehead atoms. The van der Waals surface area contributed by atoms with Crippen LogP contribution in [0.1, 0.15) is 24.0 Å². The number of likely N-dealkylation sites (tertiary alicyclic amines) is 1. The number of nitrogens with one attached hydrogen (secondary N) is 1. The van der Waals surface area contributed by atoms with Crippen LogP contribution in [-0.2, 0) is 22.3 Å². The first-order chi connectivity index (χ1) is 12.1. The summed E-state index contributed by atoms with van der Waals surface area (Å²) < 4.78 is 27.2. The fourth-order valence-corrected chi connectivity index (χ4v) is 4.41. The van der Waals surface area contributed by atoms with Gasteiger partial charge in [0.05, 0.1) is 5.75 Å². The molecule has 3 rings (SSSR count). The van der Waals surface area contributed by atoms with Crippen LogP contribution in [0.25, 0.3) is 0 Å². The lowest BCUT2D eigenvalue weighted by Crippen LogP contribution is -2.38. The standard InChI is InChI=1S/C19H25N3O2S/c23-25(24,16-19-4-2-1-3-5-19)21-14-17-8-12-22(13-9-17)15-18-6-10-20-11-7-18/h1-7,10-11,17,21H,8-9,12-16H2. The van der Waals surface area contributed by atoms with Crippen LogP contribution >= 0.6 is 0 Å². The maximum absolute atomic E-state index is 12.2. The van der Waals surface area contributed by atoms with Crippen molar-refractivity contribution in [2.75, 3.05) is 19.6 Å². The van der Waals surface area contributed by atoms with E-state index in [1.807, 2.05) is 54.9 Å². The van der Waals surface area contributed by atoms with Gasteiger partial charge in [0, 0.05) is 25.5 Å². The Balaban J connectivity index is 1.41. The molecular weight excluding hydrogens is 334 g/mol. The van der Waals surface area contributed by atoms with E-state index >= 15 is 0 Å². The number of hydrogen-bond donors (Lipinski definition) is 1. The summed E-state index contributed by atoms with van der Waals surface area (Å²) >= 11 is 0. The van der Waals surface area contributed by atoms with E-state index in [1.54, 1.807) is 0 Å². The molecule has 0 saturated carbocycles. The second kappa shape index (κ2) is 8.56. The molecule has 1 aliphatic heterocycles. The van der Waals surface area contributed by atoms with Gasteiger partial charge in [0.2, 0.25) is 10.0 Å². The third-order valence-electron chi connectivity index (χ3n) is 4.65. The van der Waals surface area contributed by atoms with Crippen molar-refractivity contribution in [3.8, 4) is 0 Å². The molecule has 25 heavy (non-hydrogen) atoms. The van der Waals surface area contributed by atoms with Crippen molar-refractivity contribution >= 4 is 10.0 Å². The van der Waals surface area contributed by atoms with Gasteiger partial charge in [-0.05, 0) is 55.1 Å². The summed E-state index contributed by atoms with van der Waals surface area (Å²) in [6.45, 7) is 3.49. The molecule has 2 aromatic rings. The van der Waals surface area contributed by atoms with Crippen LogP contribution in [0.4, 0.5) is 0 Å². The third kappa shape index (κ3) is 5.92. The Hall–Kier alpha value is -1.76. The van der Waals surface area contributed by atoms with E-state index in [1.165, 1.54) is 5.56 Å². The molecule has 1 aromatic carbocycles.